The zero-order valence-corrected chi connectivity index (χ0v) is 28.5. The fourth-order valence-electron chi connectivity index (χ4n) is 5.80. The van der Waals surface area contributed by atoms with Gasteiger partial charge in [-0.3, -0.25) is 0 Å². The molecule has 0 bridgehead atoms. The molecule has 6 aromatic carbocycles. The molecule has 0 aliphatic rings. The summed E-state index contributed by atoms with van der Waals surface area (Å²) in [6.45, 7) is 0. The van der Waals surface area contributed by atoms with E-state index >= 15 is 0 Å². The summed E-state index contributed by atoms with van der Waals surface area (Å²) in [4.78, 5) is 3.93. The number of benzene rings is 6. The number of hydrogen-bond acceptors (Lipinski definition) is 2. The third-order valence-electron chi connectivity index (χ3n) is 8.17. The highest BCUT2D eigenvalue weighted by Crippen LogP contribution is 2.39. The van der Waals surface area contributed by atoms with Gasteiger partial charge in [0.25, 0.3) is 0 Å². The molecule has 0 fully saturated rings. The van der Waals surface area contributed by atoms with Gasteiger partial charge < -0.3 is 0 Å². The minimum atomic E-state index is 0.961. The molecule has 0 saturated heterocycles. The van der Waals surface area contributed by atoms with Gasteiger partial charge in [-0.15, -0.1) is 22.7 Å². The van der Waals surface area contributed by atoms with Crippen molar-refractivity contribution in [3.05, 3.63) is 199 Å². The van der Waals surface area contributed by atoms with E-state index in [0.717, 1.165) is 74.4 Å². The van der Waals surface area contributed by atoms with Crippen LogP contribution < -0.4 is 0 Å². The Balaban J connectivity index is 1.22. The molecule has 0 atom stereocenters. The standard InChI is InChI=1S/C48H26S2/c1-3-11-35(12-4-1)19-27-41-31-33-43(49-41)29-25-39-23-21-37-15-7-9-17-45(37)47(39)48-40(24-22-38-16-8-10-18-46(38)48)26-30-44-34-32-42(50-44)28-20-36-13-5-2-6-14-36/h1-18,21-24,31-34H. The molecule has 0 saturated carbocycles. The Labute approximate surface area is 300 Å². The zero-order valence-electron chi connectivity index (χ0n) is 26.8. The first-order valence-corrected chi connectivity index (χ1v) is 17.8. The minimum absolute atomic E-state index is 0.961. The smallest absolute Gasteiger partial charge is 0.0785 e. The van der Waals surface area contributed by atoms with E-state index in [1.54, 1.807) is 22.7 Å². The van der Waals surface area contributed by atoms with Crippen LogP contribution >= 0.6 is 22.7 Å². The fourth-order valence-corrected chi connectivity index (χ4v) is 7.23. The van der Waals surface area contributed by atoms with Crippen molar-refractivity contribution in [1.29, 1.82) is 0 Å². The van der Waals surface area contributed by atoms with E-state index < -0.39 is 0 Å². The van der Waals surface area contributed by atoms with Gasteiger partial charge in [-0.25, -0.2) is 0 Å². The molecule has 0 aliphatic heterocycles. The molecule has 0 nitrogen and oxygen atoms in total. The molecule has 50 heavy (non-hydrogen) atoms. The Bertz CT molecular complexity index is 2570. The van der Waals surface area contributed by atoms with Crippen molar-refractivity contribution in [3.63, 3.8) is 0 Å². The van der Waals surface area contributed by atoms with Gasteiger partial charge in [0.1, 0.15) is 0 Å². The Morgan fingerprint density at radius 3 is 1.06 bits per heavy atom. The summed E-state index contributed by atoms with van der Waals surface area (Å²) in [7, 11) is 0. The summed E-state index contributed by atoms with van der Waals surface area (Å²) in [6.07, 6.45) is 0. The quantitative estimate of drug-likeness (QED) is 0.153. The molecule has 0 radical (unpaired) electrons. The predicted molar refractivity (Wildman–Crippen MR) is 212 cm³/mol. The summed E-state index contributed by atoms with van der Waals surface area (Å²) in [5.74, 6) is 27.1. The molecule has 0 aliphatic carbocycles. The van der Waals surface area contributed by atoms with Crippen molar-refractivity contribution in [1.82, 2.24) is 0 Å². The summed E-state index contributed by atoms with van der Waals surface area (Å²) in [5, 5.41) is 4.62. The lowest BCUT2D eigenvalue weighted by Gasteiger charge is -2.15. The molecule has 0 amide bonds. The van der Waals surface area contributed by atoms with Crippen molar-refractivity contribution >= 4 is 44.2 Å². The Hall–Kier alpha value is -6.52. The van der Waals surface area contributed by atoms with Gasteiger partial charge >= 0.3 is 0 Å². The second-order valence-electron chi connectivity index (χ2n) is 11.5. The number of thiophene rings is 2. The maximum atomic E-state index is 3.55. The van der Waals surface area contributed by atoms with E-state index in [2.05, 4.69) is 132 Å². The lowest BCUT2D eigenvalue weighted by atomic mass is 9.87. The van der Waals surface area contributed by atoms with E-state index in [9.17, 15) is 0 Å². The van der Waals surface area contributed by atoms with Gasteiger partial charge in [0.15, 0.2) is 0 Å². The molecule has 2 aromatic heterocycles. The summed E-state index contributed by atoms with van der Waals surface area (Å²) < 4.78 is 0. The van der Waals surface area contributed by atoms with Crippen LogP contribution in [0, 0.1) is 47.4 Å². The Morgan fingerprint density at radius 2 is 0.640 bits per heavy atom. The second kappa shape index (κ2) is 14.3. The van der Waals surface area contributed by atoms with Gasteiger partial charge in [-0.05, 0) is 82.2 Å². The SMILES string of the molecule is C(#Cc1ccc(C#Cc2ccc3ccccc3c2-c2c(C#Cc3ccc(C#Cc4ccccc4)s3)ccc3ccccc23)s1)c1ccccc1. The zero-order chi connectivity index (χ0) is 33.5. The first-order valence-electron chi connectivity index (χ1n) is 16.2. The van der Waals surface area contributed by atoms with Crippen LogP contribution in [0.15, 0.2) is 158 Å². The maximum Gasteiger partial charge on any atom is 0.0785 e. The summed E-state index contributed by atoms with van der Waals surface area (Å²) in [6, 6.07) is 54.0. The molecule has 2 heteroatoms. The topological polar surface area (TPSA) is 0 Å². The first kappa shape index (κ1) is 30.8. The molecule has 8 rings (SSSR count). The highest BCUT2D eigenvalue weighted by atomic mass is 32.1. The van der Waals surface area contributed by atoms with E-state index in [4.69, 9.17) is 0 Å². The van der Waals surface area contributed by atoms with E-state index in [-0.39, 0.29) is 0 Å². The Morgan fingerprint density at radius 1 is 0.280 bits per heavy atom. The van der Waals surface area contributed by atoms with Crippen LogP contribution in [-0.4, -0.2) is 0 Å². The van der Waals surface area contributed by atoms with E-state index in [1.807, 2.05) is 72.8 Å². The second-order valence-corrected chi connectivity index (χ2v) is 13.6. The van der Waals surface area contributed by atoms with Crippen LogP contribution in [0.1, 0.15) is 41.8 Å². The fraction of sp³-hybridized carbons (Fsp3) is 0. The molecule has 8 aromatic rings. The first-order chi connectivity index (χ1) is 24.8. The average Bonchev–Trinajstić information content (AvgIpc) is 3.84. The number of hydrogen-bond donors (Lipinski definition) is 0. The van der Waals surface area contributed by atoms with Gasteiger partial charge in [-0.1, -0.05) is 144 Å². The maximum absolute atomic E-state index is 3.55. The molecule has 2 heterocycles. The molecular formula is C48H26S2. The third-order valence-corrected chi connectivity index (χ3v) is 10.0. The van der Waals surface area contributed by atoms with Crippen molar-refractivity contribution in [2.45, 2.75) is 0 Å². The van der Waals surface area contributed by atoms with Crippen molar-refractivity contribution in [2.75, 3.05) is 0 Å². The lowest BCUT2D eigenvalue weighted by molar-refractivity contribution is 1.62. The summed E-state index contributed by atoms with van der Waals surface area (Å²) >= 11 is 3.23. The molecular weight excluding hydrogens is 641 g/mol. The largest absolute Gasteiger partial charge is 0.118 e. The monoisotopic (exact) mass is 666 g/mol. The lowest BCUT2D eigenvalue weighted by Crippen LogP contribution is -1.93. The van der Waals surface area contributed by atoms with Crippen LogP contribution in [0.5, 0.6) is 0 Å². The van der Waals surface area contributed by atoms with Crippen LogP contribution in [0.3, 0.4) is 0 Å². The van der Waals surface area contributed by atoms with E-state index in [0.29, 0.717) is 0 Å². The van der Waals surface area contributed by atoms with Gasteiger partial charge in [0.05, 0.1) is 19.5 Å². The van der Waals surface area contributed by atoms with Gasteiger partial charge in [-0.2, -0.15) is 0 Å². The third kappa shape index (κ3) is 6.87. The van der Waals surface area contributed by atoms with Crippen molar-refractivity contribution in [2.24, 2.45) is 0 Å². The van der Waals surface area contributed by atoms with Crippen LogP contribution in [-0.2, 0) is 0 Å². The van der Waals surface area contributed by atoms with Crippen LogP contribution in [0.4, 0.5) is 0 Å². The minimum Gasteiger partial charge on any atom is -0.118 e. The van der Waals surface area contributed by atoms with E-state index in [1.165, 1.54) is 0 Å². The normalized spacial score (nSPS) is 10.2. The summed E-state index contributed by atoms with van der Waals surface area (Å²) in [5.41, 5.74) is 6.11. The Kier molecular flexibility index (Phi) is 8.81. The molecule has 0 spiro atoms. The molecule has 0 unspecified atom stereocenters. The van der Waals surface area contributed by atoms with Crippen molar-refractivity contribution < 1.29 is 0 Å². The average molecular weight is 667 g/mol. The predicted octanol–water partition coefficient (Wildman–Crippen LogP) is 11.4. The highest BCUT2D eigenvalue weighted by Gasteiger charge is 2.16. The van der Waals surface area contributed by atoms with Gasteiger partial charge in [0.2, 0.25) is 0 Å². The molecule has 0 N–H and O–H groups in total. The number of fused-ring (bicyclic) bond motifs is 2. The molecule has 230 valence electrons. The van der Waals surface area contributed by atoms with Gasteiger partial charge in [0, 0.05) is 33.4 Å². The van der Waals surface area contributed by atoms with Crippen LogP contribution in [0.2, 0.25) is 0 Å². The van der Waals surface area contributed by atoms with Crippen LogP contribution in [0.25, 0.3) is 32.7 Å². The van der Waals surface area contributed by atoms with Crippen molar-refractivity contribution in [3.8, 4) is 58.5 Å². The number of rotatable bonds is 1. The highest BCUT2D eigenvalue weighted by molar-refractivity contribution is 7.13.